The third-order valence-electron chi connectivity index (χ3n) is 5.63. The van der Waals surface area contributed by atoms with Crippen molar-refractivity contribution in [2.45, 2.75) is 13.5 Å². The summed E-state index contributed by atoms with van der Waals surface area (Å²) in [6, 6.07) is 14.5. The van der Waals surface area contributed by atoms with Gasteiger partial charge in [-0.15, -0.1) is 10.2 Å². The van der Waals surface area contributed by atoms with Crippen molar-refractivity contribution in [3.05, 3.63) is 93.7 Å². The zero-order chi connectivity index (χ0) is 23.8. The molecule has 0 N–H and O–H groups in total. The fourth-order valence-corrected chi connectivity index (χ4v) is 4.39. The van der Waals surface area contributed by atoms with Gasteiger partial charge in [0.05, 0.1) is 18.2 Å². The number of pyridine rings is 1. The molecule has 7 nitrogen and oxygen atoms in total. The number of hydrogen-bond acceptors (Lipinski definition) is 6. The van der Waals surface area contributed by atoms with E-state index in [1.807, 2.05) is 35.8 Å². The number of aromatic nitrogens is 4. The zero-order valence-corrected chi connectivity index (χ0v) is 19.8. The van der Waals surface area contributed by atoms with Crippen molar-refractivity contribution in [3.8, 4) is 17.2 Å². The third kappa shape index (κ3) is 3.93. The number of hydrogen-bond donors (Lipinski definition) is 0. The second-order valence-electron chi connectivity index (χ2n) is 7.65. The van der Waals surface area contributed by atoms with E-state index in [0.717, 1.165) is 16.8 Å². The van der Waals surface area contributed by atoms with Crippen LogP contribution >= 0.6 is 23.2 Å². The second kappa shape index (κ2) is 8.93. The quantitative estimate of drug-likeness (QED) is 0.270. The molecule has 5 aromatic rings. The Morgan fingerprint density at radius 3 is 2.71 bits per heavy atom. The minimum absolute atomic E-state index is 0.103. The minimum atomic E-state index is -0.376. The standard InChI is InChI=1S/C25H18Cl2N4O3/c1-14-22(23(32)25-30-29-24(34-25)15-4-3-9-28-12-15)19-11-18(33-2)7-8-21(19)31(14)13-16-5-6-17(26)10-20(16)27/h3-12H,13H2,1-2H3. The molecule has 34 heavy (non-hydrogen) atoms. The molecule has 5 rings (SSSR count). The van der Waals surface area contributed by atoms with E-state index < -0.39 is 0 Å². The van der Waals surface area contributed by atoms with Gasteiger partial charge in [0, 0.05) is 45.6 Å². The first kappa shape index (κ1) is 22.1. The molecule has 0 aliphatic heterocycles. The summed E-state index contributed by atoms with van der Waals surface area (Å²) in [6.07, 6.45) is 3.24. The summed E-state index contributed by atoms with van der Waals surface area (Å²) < 4.78 is 13.2. The largest absolute Gasteiger partial charge is 0.497 e. The smallest absolute Gasteiger partial charge is 0.289 e. The number of carbonyl (C=O) groups excluding carboxylic acids is 1. The average Bonchev–Trinajstić information content (AvgIpc) is 3.44. The lowest BCUT2D eigenvalue weighted by molar-refractivity contribution is 0.100. The molecule has 0 aliphatic carbocycles. The van der Waals surface area contributed by atoms with Gasteiger partial charge in [-0.3, -0.25) is 9.78 Å². The van der Waals surface area contributed by atoms with Crippen LogP contribution in [0.1, 0.15) is 27.5 Å². The highest BCUT2D eigenvalue weighted by atomic mass is 35.5. The monoisotopic (exact) mass is 492 g/mol. The van der Waals surface area contributed by atoms with Crippen molar-refractivity contribution in [3.63, 3.8) is 0 Å². The van der Waals surface area contributed by atoms with Crippen molar-refractivity contribution in [2.24, 2.45) is 0 Å². The van der Waals surface area contributed by atoms with E-state index in [2.05, 4.69) is 15.2 Å². The highest BCUT2D eigenvalue weighted by Crippen LogP contribution is 2.33. The highest BCUT2D eigenvalue weighted by Gasteiger charge is 2.26. The molecule has 0 amide bonds. The van der Waals surface area contributed by atoms with Crippen LogP contribution in [-0.2, 0) is 6.54 Å². The Balaban J connectivity index is 1.62. The van der Waals surface area contributed by atoms with E-state index in [1.54, 1.807) is 43.8 Å². The molecule has 170 valence electrons. The van der Waals surface area contributed by atoms with Crippen LogP contribution in [0.2, 0.25) is 10.0 Å². The van der Waals surface area contributed by atoms with Crippen molar-refractivity contribution < 1.29 is 13.9 Å². The third-order valence-corrected chi connectivity index (χ3v) is 6.22. The maximum atomic E-state index is 13.6. The number of methoxy groups -OCH3 is 1. The Hall–Kier alpha value is -3.68. The molecule has 0 radical (unpaired) electrons. The van der Waals surface area contributed by atoms with Gasteiger partial charge in [-0.2, -0.15) is 0 Å². The van der Waals surface area contributed by atoms with Crippen LogP contribution < -0.4 is 4.74 Å². The maximum Gasteiger partial charge on any atom is 0.289 e. The molecule has 0 spiro atoms. The van der Waals surface area contributed by atoms with Gasteiger partial charge in [-0.25, -0.2) is 0 Å². The molecule has 0 unspecified atom stereocenters. The second-order valence-corrected chi connectivity index (χ2v) is 8.49. The lowest BCUT2D eigenvalue weighted by Gasteiger charge is -2.11. The van der Waals surface area contributed by atoms with Crippen molar-refractivity contribution in [1.29, 1.82) is 0 Å². The van der Waals surface area contributed by atoms with Gasteiger partial charge in [0.1, 0.15) is 5.75 Å². The number of benzene rings is 2. The first-order valence-electron chi connectivity index (χ1n) is 10.4. The summed E-state index contributed by atoms with van der Waals surface area (Å²) >= 11 is 12.5. The zero-order valence-electron chi connectivity index (χ0n) is 18.3. The molecule has 0 saturated heterocycles. The summed E-state index contributed by atoms with van der Waals surface area (Å²) in [7, 11) is 1.58. The first-order chi connectivity index (χ1) is 16.5. The van der Waals surface area contributed by atoms with Crippen molar-refractivity contribution in [2.75, 3.05) is 7.11 Å². The van der Waals surface area contributed by atoms with E-state index >= 15 is 0 Å². The molecule has 0 saturated carbocycles. The molecule has 3 aromatic heterocycles. The van der Waals surface area contributed by atoms with Gasteiger partial charge in [0.15, 0.2) is 0 Å². The molecule has 2 aromatic carbocycles. The maximum absolute atomic E-state index is 13.6. The molecule has 0 fully saturated rings. The minimum Gasteiger partial charge on any atom is -0.497 e. The predicted molar refractivity (Wildman–Crippen MR) is 130 cm³/mol. The number of rotatable bonds is 6. The molecular formula is C25H18Cl2N4O3. The number of ketones is 1. The van der Waals surface area contributed by atoms with Gasteiger partial charge in [0.2, 0.25) is 5.89 Å². The van der Waals surface area contributed by atoms with Crippen LogP contribution in [0.4, 0.5) is 0 Å². The summed E-state index contributed by atoms with van der Waals surface area (Å²) in [5.41, 5.74) is 3.55. The molecule has 3 heterocycles. The Kier molecular flexibility index (Phi) is 5.81. The lowest BCUT2D eigenvalue weighted by atomic mass is 10.1. The molecule has 0 aliphatic rings. The fraction of sp³-hybridized carbons (Fsp3) is 0.120. The topological polar surface area (TPSA) is 83.0 Å². The van der Waals surface area contributed by atoms with E-state index in [1.165, 1.54) is 0 Å². The highest BCUT2D eigenvalue weighted by molar-refractivity contribution is 6.35. The SMILES string of the molecule is COc1ccc2c(c1)c(C(=O)c1nnc(-c3cccnc3)o1)c(C)n2Cc1ccc(Cl)cc1Cl. The number of halogens is 2. The van der Waals surface area contributed by atoms with E-state index in [9.17, 15) is 4.79 Å². The van der Waals surface area contributed by atoms with E-state index in [-0.39, 0.29) is 17.6 Å². The summed E-state index contributed by atoms with van der Waals surface area (Å²) in [5, 5.41) is 9.86. The summed E-state index contributed by atoms with van der Waals surface area (Å²) in [5.74, 6) is 0.376. The van der Waals surface area contributed by atoms with Crippen molar-refractivity contribution in [1.82, 2.24) is 19.7 Å². The van der Waals surface area contributed by atoms with Crippen LogP contribution in [0.25, 0.3) is 22.4 Å². The van der Waals surface area contributed by atoms with Crippen LogP contribution in [0, 0.1) is 6.92 Å². The Labute approximate surface area is 204 Å². The number of carbonyl (C=O) groups is 1. The molecular weight excluding hydrogens is 475 g/mol. The van der Waals surface area contributed by atoms with E-state index in [4.69, 9.17) is 32.4 Å². The predicted octanol–water partition coefficient (Wildman–Crippen LogP) is 5.99. The van der Waals surface area contributed by atoms with Crippen LogP contribution in [-0.4, -0.2) is 32.6 Å². The molecule has 0 atom stereocenters. The number of ether oxygens (including phenoxy) is 1. The molecule has 9 heteroatoms. The normalized spacial score (nSPS) is 11.2. The van der Waals surface area contributed by atoms with Crippen LogP contribution in [0.3, 0.4) is 0 Å². The lowest BCUT2D eigenvalue weighted by Crippen LogP contribution is -2.07. The van der Waals surface area contributed by atoms with Gasteiger partial charge in [-0.05, 0) is 55.0 Å². The Morgan fingerprint density at radius 1 is 1.12 bits per heavy atom. The van der Waals surface area contributed by atoms with Gasteiger partial charge in [-0.1, -0.05) is 29.3 Å². The van der Waals surface area contributed by atoms with Gasteiger partial charge in [0.25, 0.3) is 11.7 Å². The number of nitrogens with zero attached hydrogens (tertiary/aromatic N) is 4. The number of fused-ring (bicyclic) bond motifs is 1. The Bertz CT molecular complexity index is 1530. The van der Waals surface area contributed by atoms with Crippen LogP contribution in [0.15, 0.2) is 65.3 Å². The van der Waals surface area contributed by atoms with Crippen LogP contribution in [0.5, 0.6) is 5.75 Å². The van der Waals surface area contributed by atoms with Gasteiger partial charge < -0.3 is 13.7 Å². The summed E-state index contributed by atoms with van der Waals surface area (Å²) in [4.78, 5) is 17.6. The van der Waals surface area contributed by atoms with Crippen molar-refractivity contribution >= 4 is 39.9 Å². The van der Waals surface area contributed by atoms with Gasteiger partial charge >= 0.3 is 0 Å². The fourth-order valence-electron chi connectivity index (χ4n) is 3.93. The summed E-state index contributed by atoms with van der Waals surface area (Å²) in [6.45, 7) is 2.32. The average molecular weight is 493 g/mol. The molecule has 0 bridgehead atoms. The van der Waals surface area contributed by atoms with E-state index in [0.29, 0.717) is 38.9 Å². The first-order valence-corrected chi connectivity index (χ1v) is 11.1. The Morgan fingerprint density at radius 2 is 1.97 bits per heavy atom.